The fourth-order valence-electron chi connectivity index (χ4n) is 3.18. The van der Waals surface area contributed by atoms with E-state index in [1.807, 2.05) is 36.9 Å². The lowest BCUT2D eigenvalue weighted by Crippen LogP contribution is -2.47. The molecule has 0 bridgehead atoms. The molecule has 1 amide bonds. The van der Waals surface area contributed by atoms with E-state index in [4.69, 9.17) is 9.47 Å². The zero-order valence-corrected chi connectivity index (χ0v) is 13.0. The van der Waals surface area contributed by atoms with E-state index in [2.05, 4.69) is 6.92 Å². The Bertz CT molecular complexity index is 553. The number of nitrogens with zero attached hydrogens (tertiary/aromatic N) is 1. The van der Waals surface area contributed by atoms with Gasteiger partial charge in [-0.3, -0.25) is 4.79 Å². The molecule has 0 N–H and O–H groups in total. The smallest absolute Gasteiger partial charge is 0.232 e. The Labute approximate surface area is 126 Å². The number of hydrogen-bond donors (Lipinski definition) is 0. The summed E-state index contributed by atoms with van der Waals surface area (Å²) in [6.07, 6.45) is 2.32. The van der Waals surface area contributed by atoms with Crippen LogP contribution in [0.2, 0.25) is 0 Å². The van der Waals surface area contributed by atoms with Crippen LogP contribution in [0.15, 0.2) is 18.2 Å². The van der Waals surface area contributed by atoms with Gasteiger partial charge in [-0.25, -0.2) is 0 Å². The van der Waals surface area contributed by atoms with Crippen LogP contribution in [0.5, 0.6) is 11.5 Å². The first kappa shape index (κ1) is 14.2. The number of fused-ring (bicyclic) bond motifs is 1. The number of carbonyl (C=O) groups is 1. The molecule has 0 spiro atoms. The highest BCUT2D eigenvalue weighted by molar-refractivity contribution is 5.87. The van der Waals surface area contributed by atoms with Crippen LogP contribution >= 0.6 is 0 Å². The third-order valence-corrected chi connectivity index (χ3v) is 4.57. The minimum atomic E-state index is -0.544. The third-order valence-electron chi connectivity index (χ3n) is 4.57. The van der Waals surface area contributed by atoms with E-state index in [0.29, 0.717) is 5.92 Å². The van der Waals surface area contributed by atoms with Crippen molar-refractivity contribution in [3.05, 3.63) is 23.8 Å². The molecule has 1 aromatic rings. The fourth-order valence-corrected chi connectivity index (χ4v) is 3.18. The lowest BCUT2D eigenvalue weighted by molar-refractivity contribution is -0.138. The van der Waals surface area contributed by atoms with Crippen molar-refractivity contribution in [2.75, 3.05) is 19.9 Å². The highest BCUT2D eigenvalue weighted by atomic mass is 16.7. The highest BCUT2D eigenvalue weighted by Crippen LogP contribution is 2.37. The van der Waals surface area contributed by atoms with Crippen molar-refractivity contribution in [2.24, 2.45) is 5.92 Å². The van der Waals surface area contributed by atoms with Gasteiger partial charge in [-0.15, -0.1) is 0 Å². The number of benzene rings is 1. The molecule has 0 radical (unpaired) electrons. The Morgan fingerprint density at radius 1 is 1.29 bits per heavy atom. The maximum Gasteiger partial charge on any atom is 0.232 e. The second-order valence-electron chi connectivity index (χ2n) is 6.69. The third kappa shape index (κ3) is 2.59. The van der Waals surface area contributed by atoms with Crippen LogP contribution in [0.1, 0.15) is 39.2 Å². The Balaban J connectivity index is 1.83. The molecule has 0 saturated carbocycles. The molecule has 1 fully saturated rings. The molecule has 1 atom stereocenters. The van der Waals surface area contributed by atoms with Gasteiger partial charge in [0.05, 0.1) is 5.41 Å². The molecule has 2 aliphatic heterocycles. The van der Waals surface area contributed by atoms with E-state index in [9.17, 15) is 4.79 Å². The molecule has 21 heavy (non-hydrogen) atoms. The molecule has 1 aromatic carbocycles. The average Bonchev–Trinajstić information content (AvgIpc) is 2.93. The van der Waals surface area contributed by atoms with Crippen molar-refractivity contribution in [3.8, 4) is 11.5 Å². The zero-order chi connectivity index (χ0) is 15.0. The summed E-state index contributed by atoms with van der Waals surface area (Å²) in [5, 5.41) is 0. The van der Waals surface area contributed by atoms with Gasteiger partial charge < -0.3 is 14.4 Å². The fraction of sp³-hybridized carbons (Fsp3) is 0.588. The molecule has 0 aliphatic carbocycles. The first-order valence-corrected chi connectivity index (χ1v) is 7.68. The Morgan fingerprint density at radius 3 is 2.81 bits per heavy atom. The van der Waals surface area contributed by atoms with Crippen molar-refractivity contribution in [2.45, 2.75) is 39.0 Å². The summed E-state index contributed by atoms with van der Waals surface area (Å²) in [7, 11) is 0. The second kappa shape index (κ2) is 5.24. The van der Waals surface area contributed by atoms with E-state index in [1.165, 1.54) is 6.42 Å². The molecular weight excluding hydrogens is 266 g/mol. The Morgan fingerprint density at radius 2 is 2.05 bits per heavy atom. The van der Waals surface area contributed by atoms with E-state index >= 15 is 0 Å². The second-order valence-corrected chi connectivity index (χ2v) is 6.69. The molecule has 3 rings (SSSR count). The molecule has 4 heteroatoms. The standard InChI is InChI=1S/C17H23NO3/c1-12-5-4-8-18(10-12)16(19)17(2,3)13-6-7-14-15(9-13)21-11-20-14/h6-7,9,12H,4-5,8,10-11H2,1-3H3. The maximum absolute atomic E-state index is 12.9. The van der Waals surface area contributed by atoms with Crippen molar-refractivity contribution >= 4 is 5.91 Å². The van der Waals surface area contributed by atoms with Crippen molar-refractivity contribution in [3.63, 3.8) is 0 Å². The number of carbonyl (C=O) groups excluding carboxylic acids is 1. The first-order chi connectivity index (χ1) is 9.98. The van der Waals surface area contributed by atoms with Gasteiger partial charge >= 0.3 is 0 Å². The molecule has 2 heterocycles. The van der Waals surface area contributed by atoms with Gasteiger partial charge in [0, 0.05) is 13.1 Å². The predicted octanol–water partition coefficient (Wildman–Crippen LogP) is 2.95. The normalized spacial score (nSPS) is 21.5. The van der Waals surface area contributed by atoms with Crippen molar-refractivity contribution < 1.29 is 14.3 Å². The lowest BCUT2D eigenvalue weighted by Gasteiger charge is -2.37. The molecule has 2 aliphatic rings. The van der Waals surface area contributed by atoms with Gasteiger partial charge in [-0.2, -0.15) is 0 Å². The monoisotopic (exact) mass is 289 g/mol. The summed E-state index contributed by atoms with van der Waals surface area (Å²) >= 11 is 0. The number of rotatable bonds is 2. The van der Waals surface area contributed by atoms with Gasteiger partial charge in [0.25, 0.3) is 0 Å². The molecule has 1 unspecified atom stereocenters. The summed E-state index contributed by atoms with van der Waals surface area (Å²) in [6, 6.07) is 5.80. The van der Waals surface area contributed by atoms with Crippen LogP contribution in [0.4, 0.5) is 0 Å². The van der Waals surface area contributed by atoms with Crippen molar-refractivity contribution in [1.29, 1.82) is 0 Å². The highest BCUT2D eigenvalue weighted by Gasteiger charge is 2.36. The molecule has 114 valence electrons. The summed E-state index contributed by atoms with van der Waals surface area (Å²) in [4.78, 5) is 14.9. The average molecular weight is 289 g/mol. The van der Waals surface area contributed by atoms with Gasteiger partial charge in [0.2, 0.25) is 12.7 Å². The molecular formula is C17H23NO3. The van der Waals surface area contributed by atoms with E-state index in [0.717, 1.165) is 36.6 Å². The summed E-state index contributed by atoms with van der Waals surface area (Å²) in [5.41, 5.74) is 0.438. The van der Waals surface area contributed by atoms with Gasteiger partial charge in [-0.1, -0.05) is 13.0 Å². The first-order valence-electron chi connectivity index (χ1n) is 7.68. The Hall–Kier alpha value is -1.71. The van der Waals surface area contributed by atoms with Crippen LogP contribution in [0.25, 0.3) is 0 Å². The number of piperidine rings is 1. The minimum absolute atomic E-state index is 0.202. The van der Waals surface area contributed by atoms with Crippen LogP contribution in [0.3, 0.4) is 0 Å². The maximum atomic E-state index is 12.9. The van der Waals surface area contributed by atoms with Crippen molar-refractivity contribution in [1.82, 2.24) is 4.90 Å². The van der Waals surface area contributed by atoms with Crippen LogP contribution in [0, 0.1) is 5.92 Å². The largest absolute Gasteiger partial charge is 0.454 e. The minimum Gasteiger partial charge on any atom is -0.454 e. The van der Waals surface area contributed by atoms with Gasteiger partial charge in [-0.05, 0) is 50.3 Å². The summed E-state index contributed by atoms with van der Waals surface area (Å²) in [5.74, 6) is 2.29. The van der Waals surface area contributed by atoms with Gasteiger partial charge in [0.15, 0.2) is 11.5 Å². The Kier molecular flexibility index (Phi) is 3.56. The number of likely N-dealkylation sites (tertiary alicyclic amines) is 1. The predicted molar refractivity (Wildman–Crippen MR) is 80.6 cm³/mol. The van der Waals surface area contributed by atoms with E-state index in [1.54, 1.807) is 0 Å². The summed E-state index contributed by atoms with van der Waals surface area (Å²) < 4.78 is 10.8. The van der Waals surface area contributed by atoms with Gasteiger partial charge in [0.1, 0.15) is 0 Å². The van der Waals surface area contributed by atoms with E-state index in [-0.39, 0.29) is 12.7 Å². The molecule has 1 saturated heterocycles. The number of hydrogen-bond acceptors (Lipinski definition) is 3. The number of ether oxygens (including phenoxy) is 2. The lowest BCUT2D eigenvalue weighted by atomic mass is 9.82. The number of amides is 1. The topological polar surface area (TPSA) is 38.8 Å². The quantitative estimate of drug-likeness (QED) is 0.840. The summed E-state index contributed by atoms with van der Waals surface area (Å²) in [6.45, 7) is 8.20. The molecule has 4 nitrogen and oxygen atoms in total. The van der Waals surface area contributed by atoms with Crippen LogP contribution in [-0.4, -0.2) is 30.7 Å². The van der Waals surface area contributed by atoms with E-state index < -0.39 is 5.41 Å². The van der Waals surface area contributed by atoms with Crippen LogP contribution < -0.4 is 9.47 Å². The SMILES string of the molecule is CC1CCCN(C(=O)C(C)(C)c2ccc3c(c2)OCO3)C1. The zero-order valence-electron chi connectivity index (χ0n) is 13.0. The van der Waals surface area contributed by atoms with Crippen LogP contribution in [-0.2, 0) is 10.2 Å². The molecule has 0 aromatic heterocycles.